The van der Waals surface area contributed by atoms with E-state index in [2.05, 4.69) is 10.3 Å². The number of carboxylic acids is 1. The molecule has 0 unspecified atom stereocenters. The minimum Gasteiger partial charge on any atom is -0.480 e. The van der Waals surface area contributed by atoms with Crippen LogP contribution in [0.5, 0.6) is 0 Å². The first kappa shape index (κ1) is 18.4. The standard InChI is InChI=1S/C21H21N3O3/c22-12-15-7-5-14(6-8-15)9-10-20(25)24-19(21(26)27)11-16-13-23-18-4-2-1-3-17(16)18/h1-10,13,19,23H,11-12,22H2,(H,24,25)(H,26,27)/t19-/m0/s1. The molecule has 27 heavy (non-hydrogen) atoms. The molecule has 0 saturated carbocycles. The van der Waals surface area contributed by atoms with Gasteiger partial charge < -0.3 is 21.1 Å². The van der Waals surface area contributed by atoms with E-state index in [9.17, 15) is 14.7 Å². The third-order valence-electron chi connectivity index (χ3n) is 4.36. The number of rotatable bonds is 7. The summed E-state index contributed by atoms with van der Waals surface area (Å²) in [6.45, 7) is 0.457. The number of carbonyl (C=O) groups excluding carboxylic acids is 1. The molecule has 5 N–H and O–H groups in total. The van der Waals surface area contributed by atoms with Crippen LogP contribution in [0.1, 0.15) is 16.7 Å². The maximum atomic E-state index is 12.2. The molecule has 138 valence electrons. The monoisotopic (exact) mass is 363 g/mol. The van der Waals surface area contributed by atoms with Gasteiger partial charge in [-0.05, 0) is 28.8 Å². The molecular weight excluding hydrogens is 342 g/mol. The van der Waals surface area contributed by atoms with Crippen molar-refractivity contribution in [2.45, 2.75) is 19.0 Å². The summed E-state index contributed by atoms with van der Waals surface area (Å²) >= 11 is 0. The predicted octanol–water partition coefficient (Wildman–Crippen LogP) is 2.45. The second-order valence-corrected chi connectivity index (χ2v) is 6.24. The Hall–Kier alpha value is -3.38. The van der Waals surface area contributed by atoms with Crippen LogP contribution in [0.4, 0.5) is 0 Å². The fourth-order valence-corrected chi connectivity index (χ4v) is 2.88. The zero-order valence-corrected chi connectivity index (χ0v) is 14.7. The molecule has 0 fully saturated rings. The van der Waals surface area contributed by atoms with Crippen molar-refractivity contribution >= 4 is 28.9 Å². The third-order valence-corrected chi connectivity index (χ3v) is 4.36. The molecule has 1 atom stereocenters. The van der Waals surface area contributed by atoms with Gasteiger partial charge in [0.2, 0.25) is 5.91 Å². The summed E-state index contributed by atoms with van der Waals surface area (Å²) in [4.78, 5) is 26.9. The number of hydrogen-bond donors (Lipinski definition) is 4. The van der Waals surface area contributed by atoms with E-state index >= 15 is 0 Å². The first-order chi connectivity index (χ1) is 13.1. The molecule has 2 aromatic carbocycles. The van der Waals surface area contributed by atoms with Crippen molar-refractivity contribution in [2.75, 3.05) is 0 Å². The highest BCUT2D eigenvalue weighted by molar-refractivity contribution is 5.94. The molecule has 0 radical (unpaired) electrons. The first-order valence-electron chi connectivity index (χ1n) is 8.62. The molecule has 6 nitrogen and oxygen atoms in total. The molecule has 3 aromatic rings. The molecule has 1 aromatic heterocycles. The SMILES string of the molecule is NCc1ccc(C=CC(=O)N[C@@H](Cc2c[nH]c3ccccc23)C(=O)O)cc1. The highest BCUT2D eigenvalue weighted by Gasteiger charge is 2.21. The molecule has 0 aliphatic heterocycles. The zero-order valence-electron chi connectivity index (χ0n) is 14.7. The molecule has 0 bridgehead atoms. The Morgan fingerprint density at radius 3 is 2.59 bits per heavy atom. The summed E-state index contributed by atoms with van der Waals surface area (Å²) in [5, 5.41) is 13.0. The number of amides is 1. The van der Waals surface area contributed by atoms with Gasteiger partial charge in [-0.25, -0.2) is 4.79 Å². The lowest BCUT2D eigenvalue weighted by molar-refractivity contribution is -0.141. The molecule has 0 spiro atoms. The van der Waals surface area contributed by atoms with Gasteiger partial charge >= 0.3 is 5.97 Å². The number of fused-ring (bicyclic) bond motifs is 1. The normalized spacial score (nSPS) is 12.3. The average Bonchev–Trinajstić information content (AvgIpc) is 3.09. The van der Waals surface area contributed by atoms with E-state index in [0.717, 1.165) is 27.6 Å². The number of aromatic amines is 1. The van der Waals surface area contributed by atoms with Crippen LogP contribution in [0.25, 0.3) is 17.0 Å². The maximum absolute atomic E-state index is 12.2. The highest BCUT2D eigenvalue weighted by atomic mass is 16.4. The summed E-state index contributed by atoms with van der Waals surface area (Å²) < 4.78 is 0. The van der Waals surface area contributed by atoms with Gasteiger partial charge in [-0.2, -0.15) is 0 Å². The van der Waals surface area contributed by atoms with Crippen LogP contribution in [-0.2, 0) is 22.6 Å². The van der Waals surface area contributed by atoms with Gasteiger partial charge in [0, 0.05) is 36.1 Å². The molecule has 0 aliphatic carbocycles. The van der Waals surface area contributed by atoms with Crippen LogP contribution in [0.3, 0.4) is 0 Å². The van der Waals surface area contributed by atoms with Gasteiger partial charge in [0.25, 0.3) is 0 Å². The number of hydrogen-bond acceptors (Lipinski definition) is 3. The minimum absolute atomic E-state index is 0.199. The van der Waals surface area contributed by atoms with E-state index in [1.807, 2.05) is 48.5 Å². The fraction of sp³-hybridized carbons (Fsp3) is 0.143. The van der Waals surface area contributed by atoms with E-state index in [1.54, 1.807) is 12.3 Å². The number of para-hydroxylation sites is 1. The summed E-state index contributed by atoms with van der Waals surface area (Å²) in [6, 6.07) is 14.1. The van der Waals surface area contributed by atoms with Crippen molar-refractivity contribution in [3.63, 3.8) is 0 Å². The number of carboxylic acid groups (broad SMARTS) is 1. The Labute approximate surface area is 156 Å². The number of aromatic nitrogens is 1. The largest absolute Gasteiger partial charge is 0.480 e. The quantitative estimate of drug-likeness (QED) is 0.484. The minimum atomic E-state index is -1.07. The van der Waals surface area contributed by atoms with Gasteiger partial charge in [-0.15, -0.1) is 0 Å². The molecule has 1 amide bonds. The van der Waals surface area contributed by atoms with Gasteiger partial charge in [0.1, 0.15) is 6.04 Å². The van der Waals surface area contributed by atoms with E-state index in [4.69, 9.17) is 5.73 Å². The number of aliphatic carboxylic acids is 1. The molecular formula is C21H21N3O3. The lowest BCUT2D eigenvalue weighted by Crippen LogP contribution is -2.41. The highest BCUT2D eigenvalue weighted by Crippen LogP contribution is 2.19. The van der Waals surface area contributed by atoms with Crippen molar-refractivity contribution < 1.29 is 14.7 Å². The Balaban J connectivity index is 1.67. The van der Waals surface area contributed by atoms with E-state index < -0.39 is 17.9 Å². The topological polar surface area (TPSA) is 108 Å². The van der Waals surface area contributed by atoms with Crippen molar-refractivity contribution in [1.29, 1.82) is 0 Å². The summed E-state index contributed by atoms with van der Waals surface area (Å²) in [7, 11) is 0. The van der Waals surface area contributed by atoms with Gasteiger partial charge in [-0.1, -0.05) is 42.5 Å². The molecule has 1 heterocycles. The van der Waals surface area contributed by atoms with Gasteiger partial charge in [-0.3, -0.25) is 4.79 Å². The summed E-state index contributed by atoms with van der Waals surface area (Å²) in [5.41, 5.74) is 9.18. The summed E-state index contributed by atoms with van der Waals surface area (Å²) in [6.07, 6.45) is 4.95. The average molecular weight is 363 g/mol. The number of nitrogens with two attached hydrogens (primary N) is 1. The van der Waals surface area contributed by atoms with Crippen molar-refractivity contribution in [3.8, 4) is 0 Å². The Kier molecular flexibility index (Phi) is 5.68. The van der Waals surface area contributed by atoms with Crippen molar-refractivity contribution in [1.82, 2.24) is 10.3 Å². The Morgan fingerprint density at radius 1 is 1.15 bits per heavy atom. The van der Waals surface area contributed by atoms with E-state index in [0.29, 0.717) is 6.54 Å². The number of nitrogens with one attached hydrogen (secondary N) is 2. The molecule has 0 saturated heterocycles. The maximum Gasteiger partial charge on any atom is 0.326 e. The second-order valence-electron chi connectivity index (χ2n) is 6.24. The smallest absolute Gasteiger partial charge is 0.326 e. The number of H-pyrrole nitrogens is 1. The fourth-order valence-electron chi connectivity index (χ4n) is 2.88. The van der Waals surface area contributed by atoms with Crippen molar-refractivity contribution in [2.24, 2.45) is 5.73 Å². The number of benzene rings is 2. The number of carbonyl (C=O) groups is 2. The van der Waals surface area contributed by atoms with Crippen LogP contribution in [0.2, 0.25) is 0 Å². The molecule has 3 rings (SSSR count). The predicted molar refractivity (Wildman–Crippen MR) is 105 cm³/mol. The van der Waals surface area contributed by atoms with Crippen molar-refractivity contribution in [3.05, 3.63) is 77.5 Å². The molecule has 6 heteroatoms. The van der Waals surface area contributed by atoms with Crippen LogP contribution in [0, 0.1) is 0 Å². The third kappa shape index (κ3) is 4.62. The lowest BCUT2D eigenvalue weighted by Gasteiger charge is -2.12. The first-order valence-corrected chi connectivity index (χ1v) is 8.62. The van der Waals surface area contributed by atoms with Gasteiger partial charge in [0.05, 0.1) is 0 Å². The summed E-state index contributed by atoms with van der Waals surface area (Å²) in [5.74, 6) is -1.53. The Morgan fingerprint density at radius 2 is 1.89 bits per heavy atom. The lowest BCUT2D eigenvalue weighted by atomic mass is 10.0. The van der Waals surface area contributed by atoms with Crippen LogP contribution in [0.15, 0.2) is 60.8 Å². The van der Waals surface area contributed by atoms with Crippen LogP contribution < -0.4 is 11.1 Å². The van der Waals surface area contributed by atoms with E-state index in [1.165, 1.54) is 6.08 Å². The second kappa shape index (κ2) is 8.33. The van der Waals surface area contributed by atoms with Crippen LogP contribution >= 0.6 is 0 Å². The van der Waals surface area contributed by atoms with Crippen LogP contribution in [-0.4, -0.2) is 28.0 Å². The van der Waals surface area contributed by atoms with E-state index in [-0.39, 0.29) is 6.42 Å². The molecule has 0 aliphatic rings. The zero-order chi connectivity index (χ0) is 19.2. The van der Waals surface area contributed by atoms with Gasteiger partial charge in [0.15, 0.2) is 0 Å². The Bertz CT molecular complexity index is 974.